The molecule has 6 rings (SSSR count). The van der Waals surface area contributed by atoms with Gasteiger partial charge in [-0.1, -0.05) is 84.9 Å². The lowest BCUT2D eigenvalue weighted by molar-refractivity contribution is -0.0459. The molecule has 0 saturated heterocycles. The quantitative estimate of drug-likeness (QED) is 0.417. The first-order chi connectivity index (χ1) is 16.6. The van der Waals surface area contributed by atoms with Crippen molar-refractivity contribution in [2.24, 2.45) is 0 Å². The summed E-state index contributed by atoms with van der Waals surface area (Å²) in [5, 5.41) is 0. The van der Waals surface area contributed by atoms with Gasteiger partial charge in [-0.2, -0.15) is 4.31 Å². The summed E-state index contributed by atoms with van der Waals surface area (Å²) >= 11 is 0. The van der Waals surface area contributed by atoms with Crippen molar-refractivity contribution < 1.29 is 17.9 Å². The molecule has 0 atom stereocenters. The van der Waals surface area contributed by atoms with Crippen LogP contribution in [0.15, 0.2) is 108 Å². The molecular formula is C28H23NO4S. The van der Waals surface area contributed by atoms with E-state index in [0.717, 1.165) is 16.7 Å². The van der Waals surface area contributed by atoms with Crippen LogP contribution in [0, 0.1) is 0 Å². The van der Waals surface area contributed by atoms with Crippen LogP contribution in [-0.2, 0) is 28.8 Å². The van der Waals surface area contributed by atoms with Gasteiger partial charge >= 0.3 is 5.79 Å². The van der Waals surface area contributed by atoms with Crippen molar-refractivity contribution in [2.45, 2.75) is 23.6 Å². The van der Waals surface area contributed by atoms with E-state index < -0.39 is 15.8 Å². The van der Waals surface area contributed by atoms with E-state index in [1.165, 1.54) is 9.87 Å². The van der Waals surface area contributed by atoms with Crippen molar-refractivity contribution in [3.05, 3.63) is 125 Å². The van der Waals surface area contributed by atoms with E-state index in [1.807, 2.05) is 78.9 Å². The van der Waals surface area contributed by atoms with Gasteiger partial charge in [-0.15, -0.1) is 0 Å². The molecule has 2 aliphatic rings. The van der Waals surface area contributed by atoms with E-state index in [-0.39, 0.29) is 4.90 Å². The van der Waals surface area contributed by atoms with Gasteiger partial charge in [-0.3, -0.25) is 0 Å². The van der Waals surface area contributed by atoms with Crippen LogP contribution in [0.2, 0.25) is 0 Å². The maximum atomic E-state index is 13.5. The summed E-state index contributed by atoms with van der Waals surface area (Å²) in [5.41, 5.74) is 3.91. The monoisotopic (exact) mass is 469 g/mol. The molecule has 2 heterocycles. The standard InChI is InChI=1S/C28H23NO4S/c30-34(31,29-18-17-21-9-7-8-10-22(21)20-29)25-15-16-26-27(19-25)33-28(32-26,23-11-3-1-4-12-23)24-13-5-2-6-14-24/h1-16,19H,17-18,20H2. The topological polar surface area (TPSA) is 55.8 Å². The van der Waals surface area contributed by atoms with Crippen LogP contribution in [0.4, 0.5) is 0 Å². The minimum absolute atomic E-state index is 0.200. The fourth-order valence-electron chi connectivity index (χ4n) is 4.69. The lowest BCUT2D eigenvalue weighted by Gasteiger charge is -2.28. The number of sulfonamides is 1. The fraction of sp³-hybridized carbons (Fsp3) is 0.143. The van der Waals surface area contributed by atoms with Gasteiger partial charge < -0.3 is 9.47 Å². The molecule has 4 aromatic carbocycles. The third-order valence-corrected chi connectivity index (χ3v) is 8.30. The number of hydrogen-bond donors (Lipinski definition) is 0. The van der Waals surface area contributed by atoms with Crippen LogP contribution < -0.4 is 9.47 Å². The summed E-state index contributed by atoms with van der Waals surface area (Å²) < 4.78 is 41.4. The van der Waals surface area contributed by atoms with Crippen LogP contribution in [0.5, 0.6) is 11.5 Å². The predicted octanol–water partition coefficient (Wildman–Crippen LogP) is 5.11. The Morgan fingerprint density at radius 3 is 1.94 bits per heavy atom. The summed E-state index contributed by atoms with van der Waals surface area (Å²) in [6, 6.07) is 32.2. The Balaban J connectivity index is 1.37. The van der Waals surface area contributed by atoms with Crippen molar-refractivity contribution in [3.8, 4) is 11.5 Å². The third-order valence-electron chi connectivity index (χ3n) is 6.46. The molecule has 0 N–H and O–H groups in total. The fourth-order valence-corrected chi connectivity index (χ4v) is 6.12. The molecule has 0 aromatic heterocycles. The van der Waals surface area contributed by atoms with Gasteiger partial charge in [0, 0.05) is 30.3 Å². The summed E-state index contributed by atoms with van der Waals surface area (Å²) in [4.78, 5) is 0.200. The van der Waals surface area contributed by atoms with E-state index in [2.05, 4.69) is 6.07 Å². The van der Waals surface area contributed by atoms with Crippen LogP contribution in [0.3, 0.4) is 0 Å². The molecule has 170 valence electrons. The molecule has 0 aliphatic carbocycles. The Labute approximate surface area is 199 Å². The number of nitrogens with zero attached hydrogens (tertiary/aromatic N) is 1. The van der Waals surface area contributed by atoms with Gasteiger partial charge in [0.15, 0.2) is 11.5 Å². The highest BCUT2D eigenvalue weighted by atomic mass is 32.2. The molecule has 0 bridgehead atoms. The highest BCUT2D eigenvalue weighted by Crippen LogP contribution is 2.48. The normalized spacial score (nSPS) is 16.7. The van der Waals surface area contributed by atoms with Crippen molar-refractivity contribution in [3.63, 3.8) is 0 Å². The lowest BCUT2D eigenvalue weighted by atomic mass is 9.97. The number of hydrogen-bond acceptors (Lipinski definition) is 4. The Bertz CT molecular complexity index is 1410. The van der Waals surface area contributed by atoms with Gasteiger partial charge in [0.05, 0.1) is 4.90 Å². The van der Waals surface area contributed by atoms with Crippen molar-refractivity contribution in [2.75, 3.05) is 6.54 Å². The molecular weight excluding hydrogens is 446 g/mol. The lowest BCUT2D eigenvalue weighted by Crippen LogP contribution is -2.36. The van der Waals surface area contributed by atoms with Gasteiger partial charge in [0.2, 0.25) is 10.0 Å². The molecule has 0 unspecified atom stereocenters. The molecule has 6 heteroatoms. The van der Waals surface area contributed by atoms with Crippen molar-refractivity contribution in [1.82, 2.24) is 4.31 Å². The summed E-state index contributed by atoms with van der Waals surface area (Å²) in [6.07, 6.45) is 0.699. The highest BCUT2D eigenvalue weighted by Gasteiger charge is 2.46. The first kappa shape index (κ1) is 21.0. The van der Waals surface area contributed by atoms with E-state index in [0.29, 0.717) is 31.0 Å². The first-order valence-electron chi connectivity index (χ1n) is 11.3. The SMILES string of the molecule is O=S(=O)(c1ccc2c(c1)OC(c1ccccc1)(c1ccccc1)O2)N1CCc2ccccc2C1. The molecule has 0 saturated carbocycles. The Kier molecular flexibility index (Phi) is 4.94. The van der Waals surface area contributed by atoms with E-state index in [4.69, 9.17) is 9.47 Å². The number of fused-ring (bicyclic) bond motifs is 2. The van der Waals surface area contributed by atoms with Gasteiger partial charge in [-0.05, 0) is 29.7 Å². The van der Waals surface area contributed by atoms with Gasteiger partial charge in [-0.25, -0.2) is 8.42 Å². The second-order valence-electron chi connectivity index (χ2n) is 8.52. The molecule has 5 nitrogen and oxygen atoms in total. The highest BCUT2D eigenvalue weighted by molar-refractivity contribution is 7.89. The zero-order valence-electron chi connectivity index (χ0n) is 18.4. The van der Waals surface area contributed by atoms with Crippen molar-refractivity contribution in [1.29, 1.82) is 0 Å². The zero-order chi connectivity index (χ0) is 23.2. The van der Waals surface area contributed by atoms with E-state index >= 15 is 0 Å². The summed E-state index contributed by atoms with van der Waals surface area (Å²) in [6.45, 7) is 0.816. The van der Waals surface area contributed by atoms with Gasteiger partial charge in [0.1, 0.15) is 0 Å². The maximum Gasteiger partial charge on any atom is 0.305 e. The number of ether oxygens (including phenoxy) is 2. The molecule has 0 radical (unpaired) electrons. The van der Waals surface area contributed by atoms with Gasteiger partial charge in [0.25, 0.3) is 0 Å². The molecule has 2 aliphatic heterocycles. The Morgan fingerprint density at radius 1 is 0.676 bits per heavy atom. The van der Waals surface area contributed by atoms with E-state index in [1.54, 1.807) is 18.2 Å². The average molecular weight is 470 g/mol. The third kappa shape index (κ3) is 3.38. The Hall–Kier alpha value is -3.61. The average Bonchev–Trinajstić information content (AvgIpc) is 3.30. The second-order valence-corrected chi connectivity index (χ2v) is 10.5. The molecule has 4 aromatic rings. The van der Waals surface area contributed by atoms with Crippen LogP contribution >= 0.6 is 0 Å². The smallest absolute Gasteiger partial charge is 0.305 e. The number of rotatable bonds is 4. The molecule has 0 fully saturated rings. The van der Waals surface area contributed by atoms with Crippen molar-refractivity contribution >= 4 is 10.0 Å². The molecule has 0 amide bonds. The number of benzene rings is 4. The predicted molar refractivity (Wildman–Crippen MR) is 129 cm³/mol. The minimum Gasteiger partial charge on any atom is -0.440 e. The van der Waals surface area contributed by atoms with Crippen LogP contribution in [0.1, 0.15) is 22.3 Å². The second kappa shape index (κ2) is 8.01. The van der Waals surface area contributed by atoms with Crippen LogP contribution in [0.25, 0.3) is 0 Å². The zero-order valence-corrected chi connectivity index (χ0v) is 19.2. The largest absolute Gasteiger partial charge is 0.440 e. The van der Waals surface area contributed by atoms with E-state index in [9.17, 15) is 8.42 Å². The summed E-state index contributed by atoms with van der Waals surface area (Å²) in [7, 11) is -3.70. The molecule has 0 spiro atoms. The molecule has 34 heavy (non-hydrogen) atoms. The minimum atomic E-state index is -3.70. The first-order valence-corrected chi connectivity index (χ1v) is 12.7. The summed E-state index contributed by atoms with van der Waals surface area (Å²) in [5.74, 6) is -0.265. The Morgan fingerprint density at radius 2 is 1.26 bits per heavy atom. The maximum absolute atomic E-state index is 13.5. The van der Waals surface area contributed by atoms with Crippen LogP contribution in [-0.4, -0.2) is 19.3 Å².